The van der Waals surface area contributed by atoms with Crippen molar-refractivity contribution in [1.82, 2.24) is 10.3 Å². The average Bonchev–Trinajstić information content (AvgIpc) is 3.56. The molecule has 0 spiro atoms. The van der Waals surface area contributed by atoms with Gasteiger partial charge in [0, 0.05) is 46.9 Å². The minimum atomic E-state index is -1.58. The van der Waals surface area contributed by atoms with Crippen LogP contribution >= 0.6 is 0 Å². The first kappa shape index (κ1) is 28.8. The maximum atomic E-state index is 14.2. The summed E-state index contributed by atoms with van der Waals surface area (Å²) in [6.07, 6.45) is 3.19. The summed E-state index contributed by atoms with van der Waals surface area (Å²) in [7, 11) is 1.61. The normalized spacial score (nSPS) is 19.2. The number of para-hydroxylation sites is 1. The number of allylic oxidation sites excluding steroid dienone is 4. The van der Waals surface area contributed by atoms with Crippen molar-refractivity contribution < 1.29 is 34.1 Å². The molecule has 1 aliphatic carbocycles. The highest BCUT2D eigenvalue weighted by Gasteiger charge is 2.56. The van der Waals surface area contributed by atoms with Crippen molar-refractivity contribution >= 4 is 28.3 Å². The maximum Gasteiger partial charge on any atom is 0.194 e. The number of benzene rings is 3. The van der Waals surface area contributed by atoms with Crippen molar-refractivity contribution in [3.63, 3.8) is 0 Å². The summed E-state index contributed by atoms with van der Waals surface area (Å²) < 4.78 is 11.2. The topological polar surface area (TPSA) is 138 Å². The lowest BCUT2D eigenvalue weighted by Crippen LogP contribution is -2.41. The molecule has 1 aromatic heterocycles. The highest BCUT2D eigenvalue weighted by Crippen LogP contribution is 2.57. The Morgan fingerprint density at radius 1 is 1.07 bits per heavy atom. The van der Waals surface area contributed by atoms with Gasteiger partial charge in [-0.3, -0.25) is 14.4 Å². The number of aromatic nitrogens is 1. The standard InChI is InChI=1S/C35H32N2O7/c1-17-31(40)29(19(3)38)33-30(32(17)41)35(4)27(44-33)14-26(39)28(34(35)42)18(2)36-15-23(20-10-12-21(43-5)13-11-20)24-16-37-25-9-7-6-8-22(24)25/h6-14,16,23,36-37,40-41H,15H2,1-5H3/b28-18+/t23?,35-/m0/s1. The second-order valence-electron chi connectivity index (χ2n) is 11.4. The van der Waals surface area contributed by atoms with Crippen LogP contribution in [0.2, 0.25) is 0 Å². The number of carbonyl (C=O) groups excluding carboxylic acids is 3. The number of carbonyl (C=O) groups is 3. The molecule has 0 saturated heterocycles. The zero-order valence-electron chi connectivity index (χ0n) is 25.0. The summed E-state index contributed by atoms with van der Waals surface area (Å²) in [5.74, 6) is -1.97. The van der Waals surface area contributed by atoms with E-state index in [1.807, 2.05) is 54.7 Å². The molecule has 2 aliphatic rings. The molecule has 0 radical (unpaired) electrons. The summed E-state index contributed by atoms with van der Waals surface area (Å²) in [5.41, 5.74) is 1.71. The van der Waals surface area contributed by atoms with Crippen LogP contribution in [0.15, 0.2) is 77.8 Å². The van der Waals surface area contributed by atoms with E-state index in [0.717, 1.165) is 27.8 Å². The largest absolute Gasteiger partial charge is 0.507 e. The first-order valence-corrected chi connectivity index (χ1v) is 14.2. The number of ether oxygens (including phenoxy) is 2. The van der Waals surface area contributed by atoms with E-state index in [1.165, 1.54) is 19.9 Å². The number of phenolic OH excluding ortho intramolecular Hbond substituents is 2. The number of hydrogen-bond acceptors (Lipinski definition) is 8. The van der Waals surface area contributed by atoms with Gasteiger partial charge in [-0.2, -0.15) is 0 Å². The minimum absolute atomic E-state index is 0.00301. The molecule has 224 valence electrons. The molecule has 1 aliphatic heterocycles. The number of fused-ring (bicyclic) bond motifs is 4. The predicted molar refractivity (Wildman–Crippen MR) is 164 cm³/mol. The molecular formula is C35H32N2O7. The van der Waals surface area contributed by atoms with Crippen molar-refractivity contribution in [2.45, 2.75) is 39.0 Å². The first-order chi connectivity index (χ1) is 21.0. The van der Waals surface area contributed by atoms with Gasteiger partial charge < -0.3 is 30.0 Å². The molecule has 0 bridgehead atoms. The predicted octanol–water partition coefficient (Wildman–Crippen LogP) is 5.48. The van der Waals surface area contributed by atoms with Crippen molar-refractivity contribution in [3.05, 3.63) is 106 Å². The smallest absolute Gasteiger partial charge is 0.194 e. The zero-order chi connectivity index (χ0) is 31.5. The Morgan fingerprint density at radius 3 is 2.45 bits per heavy atom. The molecule has 9 heteroatoms. The molecule has 0 fully saturated rings. The molecule has 2 atom stereocenters. The molecule has 3 aromatic carbocycles. The number of phenols is 2. The fourth-order valence-corrected chi connectivity index (χ4v) is 6.33. The molecule has 4 N–H and O–H groups in total. The fraction of sp³-hybridized carbons (Fsp3) is 0.229. The van der Waals surface area contributed by atoms with E-state index in [2.05, 4.69) is 10.3 Å². The number of Topliss-reactive ketones (excluding diaryl/α,β-unsaturated/α-hetero) is 2. The third kappa shape index (κ3) is 4.18. The lowest BCUT2D eigenvalue weighted by Gasteiger charge is -2.29. The van der Waals surface area contributed by atoms with Crippen molar-refractivity contribution in [1.29, 1.82) is 0 Å². The number of ketones is 3. The Bertz CT molecular complexity index is 1950. The van der Waals surface area contributed by atoms with Gasteiger partial charge in [-0.05, 0) is 57.0 Å². The number of aromatic amines is 1. The Hall–Kier alpha value is -5.31. The fourth-order valence-electron chi connectivity index (χ4n) is 6.33. The quantitative estimate of drug-likeness (QED) is 0.126. The molecule has 4 aromatic rings. The average molecular weight is 593 g/mol. The Morgan fingerprint density at radius 2 is 1.77 bits per heavy atom. The summed E-state index contributed by atoms with van der Waals surface area (Å²) in [5, 5.41) is 26.1. The van der Waals surface area contributed by atoms with Crippen LogP contribution < -0.4 is 14.8 Å². The van der Waals surface area contributed by atoms with Crippen LogP contribution in [0.5, 0.6) is 23.0 Å². The Labute approximate surface area is 253 Å². The number of hydrogen-bond donors (Lipinski definition) is 4. The highest BCUT2D eigenvalue weighted by molar-refractivity contribution is 6.31. The number of nitrogens with one attached hydrogen (secondary N) is 2. The molecule has 9 nitrogen and oxygen atoms in total. The van der Waals surface area contributed by atoms with Gasteiger partial charge >= 0.3 is 0 Å². The van der Waals surface area contributed by atoms with E-state index >= 15 is 0 Å². The van der Waals surface area contributed by atoms with Crippen LogP contribution in [0, 0.1) is 6.92 Å². The molecule has 6 rings (SSSR count). The summed E-state index contributed by atoms with van der Waals surface area (Å²) in [6, 6.07) is 15.8. The van der Waals surface area contributed by atoms with Gasteiger partial charge in [-0.1, -0.05) is 30.3 Å². The van der Waals surface area contributed by atoms with Gasteiger partial charge in [-0.25, -0.2) is 0 Å². The van der Waals surface area contributed by atoms with Crippen LogP contribution in [0.3, 0.4) is 0 Å². The van der Waals surface area contributed by atoms with E-state index in [1.54, 1.807) is 21.0 Å². The van der Waals surface area contributed by atoms with Crippen LogP contribution in [0.4, 0.5) is 0 Å². The van der Waals surface area contributed by atoms with E-state index in [-0.39, 0.29) is 45.4 Å². The third-order valence-corrected chi connectivity index (χ3v) is 8.85. The van der Waals surface area contributed by atoms with Crippen LogP contribution in [0.25, 0.3) is 10.9 Å². The van der Waals surface area contributed by atoms with Crippen LogP contribution in [0.1, 0.15) is 59.3 Å². The second-order valence-corrected chi connectivity index (χ2v) is 11.4. The Kier molecular flexibility index (Phi) is 6.84. The van der Waals surface area contributed by atoms with Crippen molar-refractivity contribution in [2.75, 3.05) is 13.7 Å². The minimum Gasteiger partial charge on any atom is -0.507 e. The van der Waals surface area contributed by atoms with E-state index in [4.69, 9.17) is 9.47 Å². The SMILES string of the molecule is COc1ccc(C(CN/C(C)=C2\C(=O)C=C3Oc4c(C(C)=O)c(O)c(C)c(O)c4[C@@]3(C)C2=O)c2c[nH]c3ccccc23)cc1. The number of rotatable bonds is 7. The Balaban J connectivity index is 1.41. The van der Waals surface area contributed by atoms with Crippen molar-refractivity contribution in [2.24, 2.45) is 0 Å². The molecule has 0 saturated carbocycles. The van der Waals surface area contributed by atoms with Crippen LogP contribution in [-0.4, -0.2) is 46.2 Å². The third-order valence-electron chi connectivity index (χ3n) is 8.85. The van der Waals surface area contributed by atoms with Gasteiger partial charge in [0.2, 0.25) is 0 Å². The highest BCUT2D eigenvalue weighted by atomic mass is 16.5. The number of H-pyrrole nitrogens is 1. The molecule has 1 unspecified atom stereocenters. The first-order valence-electron chi connectivity index (χ1n) is 14.2. The lowest BCUT2D eigenvalue weighted by molar-refractivity contribution is -0.123. The van der Waals surface area contributed by atoms with E-state index in [0.29, 0.717) is 12.2 Å². The molecule has 2 heterocycles. The molecule has 44 heavy (non-hydrogen) atoms. The summed E-state index contributed by atoms with van der Waals surface area (Å²) >= 11 is 0. The van der Waals surface area contributed by atoms with Gasteiger partial charge in [0.15, 0.2) is 17.3 Å². The molecule has 0 amide bonds. The second kappa shape index (κ2) is 10.4. The monoisotopic (exact) mass is 592 g/mol. The maximum absolute atomic E-state index is 14.2. The van der Waals surface area contributed by atoms with Crippen LogP contribution in [-0.2, 0) is 15.0 Å². The van der Waals surface area contributed by atoms with Gasteiger partial charge in [0.25, 0.3) is 0 Å². The summed E-state index contributed by atoms with van der Waals surface area (Å²) in [6.45, 7) is 6.30. The number of aromatic hydroxyl groups is 2. The van der Waals surface area contributed by atoms with Gasteiger partial charge in [-0.15, -0.1) is 0 Å². The van der Waals surface area contributed by atoms with E-state index in [9.17, 15) is 24.6 Å². The van der Waals surface area contributed by atoms with Gasteiger partial charge in [0.1, 0.15) is 39.7 Å². The summed E-state index contributed by atoms with van der Waals surface area (Å²) in [4.78, 5) is 43.5. The zero-order valence-corrected chi connectivity index (χ0v) is 25.0. The van der Waals surface area contributed by atoms with E-state index < -0.39 is 28.5 Å². The van der Waals surface area contributed by atoms with Gasteiger partial charge in [0.05, 0.1) is 18.2 Å². The van der Waals surface area contributed by atoms with Crippen molar-refractivity contribution in [3.8, 4) is 23.0 Å². The number of methoxy groups -OCH3 is 1. The molecular weight excluding hydrogens is 560 g/mol. The lowest BCUT2D eigenvalue weighted by atomic mass is 9.70.